The van der Waals surface area contributed by atoms with Gasteiger partial charge in [-0.2, -0.15) is 0 Å². The van der Waals surface area contributed by atoms with Crippen molar-refractivity contribution in [2.24, 2.45) is 0 Å². The van der Waals surface area contributed by atoms with E-state index in [4.69, 9.17) is 4.98 Å². The van der Waals surface area contributed by atoms with E-state index >= 15 is 0 Å². The molecule has 3 aliphatic carbocycles. The summed E-state index contributed by atoms with van der Waals surface area (Å²) < 4.78 is 0. The molecule has 2 saturated heterocycles. The standard InChI is InChI=1S/C30H32N6S2/c1-3-18(23-15-33-27(35-23)29-31-11-13-37-29)4-2-17(1)21-9-10-22(26-20-7-5-19(6-8-20)25(21)26)24-16-34-28(36-24)30-32-12-14-38-30/h1-4,9-10,15-16,19-20,29-32H,5-8,11-14H2,(H,33,35)(H,34,36)/t19?,20?,29-,30-/m0/s1. The highest BCUT2D eigenvalue weighted by atomic mass is 32.2. The fourth-order valence-electron chi connectivity index (χ4n) is 6.93. The molecule has 4 N–H and O–H groups in total. The average Bonchev–Trinajstić information content (AvgIpc) is 3.80. The van der Waals surface area contributed by atoms with Gasteiger partial charge in [-0.25, -0.2) is 9.97 Å². The number of H-pyrrole nitrogens is 2. The molecule has 2 aliphatic heterocycles. The van der Waals surface area contributed by atoms with E-state index in [0.29, 0.717) is 11.8 Å². The summed E-state index contributed by atoms with van der Waals surface area (Å²) in [4.78, 5) is 16.6. The van der Waals surface area contributed by atoms with Crippen LogP contribution in [-0.4, -0.2) is 44.5 Å². The molecule has 194 valence electrons. The number of rotatable bonds is 5. The predicted molar refractivity (Wildman–Crippen MR) is 157 cm³/mol. The van der Waals surface area contributed by atoms with Gasteiger partial charge in [0, 0.05) is 30.2 Å². The van der Waals surface area contributed by atoms with Crippen LogP contribution in [0, 0.1) is 0 Å². The molecule has 0 amide bonds. The fraction of sp³-hybridized carbons (Fsp3) is 0.400. The van der Waals surface area contributed by atoms with E-state index in [1.54, 1.807) is 11.1 Å². The van der Waals surface area contributed by atoms with Gasteiger partial charge in [-0.3, -0.25) is 10.6 Å². The Morgan fingerprint density at radius 3 is 1.74 bits per heavy atom. The lowest BCUT2D eigenvalue weighted by molar-refractivity contribution is 0.360. The highest BCUT2D eigenvalue weighted by Gasteiger charge is 2.37. The van der Waals surface area contributed by atoms with Crippen LogP contribution in [0.1, 0.15) is 71.0 Å². The molecule has 2 aromatic heterocycles. The zero-order valence-electron chi connectivity index (χ0n) is 21.3. The summed E-state index contributed by atoms with van der Waals surface area (Å²) in [6.07, 6.45) is 9.27. The number of benzene rings is 2. The van der Waals surface area contributed by atoms with Crippen molar-refractivity contribution in [3.05, 3.63) is 71.6 Å². The second kappa shape index (κ2) is 9.59. The van der Waals surface area contributed by atoms with Gasteiger partial charge in [0.1, 0.15) is 22.4 Å². The van der Waals surface area contributed by atoms with Crippen molar-refractivity contribution in [1.29, 1.82) is 0 Å². The smallest absolute Gasteiger partial charge is 0.134 e. The SMILES string of the molecule is c1cc(-c2ccc(-c3cnc([C@H]4NCCS4)[nH]3)c3c2C2CCC3CC2)ccc1-c1cnc([C@H]2NCCS2)[nH]1. The van der Waals surface area contributed by atoms with Gasteiger partial charge in [-0.15, -0.1) is 23.5 Å². The van der Waals surface area contributed by atoms with Gasteiger partial charge in [0.15, 0.2) is 0 Å². The first-order valence-corrected chi connectivity index (χ1v) is 16.0. The lowest BCUT2D eigenvalue weighted by Crippen LogP contribution is -2.23. The molecule has 2 bridgehead atoms. The zero-order valence-corrected chi connectivity index (χ0v) is 22.9. The lowest BCUT2D eigenvalue weighted by Gasteiger charge is -2.41. The van der Waals surface area contributed by atoms with E-state index in [9.17, 15) is 0 Å². The van der Waals surface area contributed by atoms with Crippen molar-refractivity contribution in [3.8, 4) is 33.6 Å². The van der Waals surface area contributed by atoms with Crippen molar-refractivity contribution in [3.63, 3.8) is 0 Å². The molecule has 5 aliphatic rings. The molecule has 4 heterocycles. The Labute approximate surface area is 231 Å². The summed E-state index contributed by atoms with van der Waals surface area (Å²) in [6, 6.07) is 13.8. The number of nitrogens with one attached hydrogen (secondary N) is 4. The number of fused-ring (bicyclic) bond motifs is 2. The van der Waals surface area contributed by atoms with Gasteiger partial charge in [-0.05, 0) is 65.3 Å². The van der Waals surface area contributed by atoms with Crippen LogP contribution in [-0.2, 0) is 0 Å². The minimum atomic E-state index is 0.280. The van der Waals surface area contributed by atoms with Crippen LogP contribution in [0.25, 0.3) is 33.6 Å². The summed E-state index contributed by atoms with van der Waals surface area (Å²) in [5.41, 5.74) is 10.7. The topological polar surface area (TPSA) is 81.4 Å². The number of hydrogen-bond donors (Lipinski definition) is 4. The molecule has 8 heteroatoms. The van der Waals surface area contributed by atoms with Gasteiger partial charge in [0.2, 0.25) is 0 Å². The normalized spacial score (nSPS) is 26.2. The van der Waals surface area contributed by atoms with Crippen molar-refractivity contribution >= 4 is 23.5 Å². The van der Waals surface area contributed by atoms with Gasteiger partial charge in [0.05, 0.1) is 23.8 Å². The second-order valence-corrected chi connectivity index (χ2v) is 13.3. The number of aromatic nitrogens is 4. The summed E-state index contributed by atoms with van der Waals surface area (Å²) in [7, 11) is 0. The molecule has 0 spiro atoms. The molecule has 0 radical (unpaired) electrons. The molecule has 2 atom stereocenters. The number of nitrogens with zero attached hydrogens (tertiary/aromatic N) is 2. The Morgan fingerprint density at radius 2 is 1.13 bits per heavy atom. The summed E-state index contributed by atoms with van der Waals surface area (Å²) in [5, 5.41) is 7.61. The van der Waals surface area contributed by atoms with Gasteiger partial charge < -0.3 is 9.97 Å². The summed E-state index contributed by atoms with van der Waals surface area (Å²) in [6.45, 7) is 2.10. The Kier molecular flexibility index (Phi) is 5.90. The highest BCUT2D eigenvalue weighted by Crippen LogP contribution is 2.55. The van der Waals surface area contributed by atoms with E-state index in [1.165, 1.54) is 53.6 Å². The van der Waals surface area contributed by atoms with Crippen LogP contribution < -0.4 is 10.6 Å². The van der Waals surface area contributed by atoms with Crippen LogP contribution in [0.2, 0.25) is 0 Å². The van der Waals surface area contributed by atoms with E-state index < -0.39 is 0 Å². The average molecular weight is 541 g/mol. The maximum Gasteiger partial charge on any atom is 0.134 e. The lowest BCUT2D eigenvalue weighted by atomic mass is 9.64. The largest absolute Gasteiger partial charge is 0.340 e. The Balaban J connectivity index is 1.14. The minimum absolute atomic E-state index is 0.280. The fourth-order valence-corrected chi connectivity index (χ4v) is 8.90. The van der Waals surface area contributed by atoms with Crippen LogP contribution in [0.4, 0.5) is 0 Å². The van der Waals surface area contributed by atoms with E-state index in [0.717, 1.165) is 41.9 Å². The van der Waals surface area contributed by atoms with Crippen molar-refractivity contribution < 1.29 is 0 Å². The monoisotopic (exact) mass is 540 g/mol. The number of aromatic amines is 2. The van der Waals surface area contributed by atoms with Crippen LogP contribution in [0.5, 0.6) is 0 Å². The third-order valence-corrected chi connectivity index (χ3v) is 11.1. The summed E-state index contributed by atoms with van der Waals surface area (Å²) >= 11 is 3.85. The molecular formula is C30H32N6S2. The van der Waals surface area contributed by atoms with Gasteiger partial charge in [0.25, 0.3) is 0 Å². The first kappa shape index (κ1) is 23.4. The van der Waals surface area contributed by atoms with E-state index in [1.807, 2.05) is 29.7 Å². The third-order valence-electron chi connectivity index (χ3n) is 8.75. The molecule has 0 unspecified atom stereocenters. The number of thioether (sulfide) groups is 2. The molecule has 4 aromatic rings. The zero-order chi connectivity index (χ0) is 25.1. The summed E-state index contributed by atoms with van der Waals surface area (Å²) in [5.74, 6) is 5.67. The number of hydrogen-bond acceptors (Lipinski definition) is 6. The first-order chi connectivity index (χ1) is 18.8. The van der Waals surface area contributed by atoms with E-state index in [2.05, 4.69) is 68.2 Å². The molecule has 3 fully saturated rings. The Hall–Kier alpha value is -2.52. The van der Waals surface area contributed by atoms with Crippen LogP contribution >= 0.6 is 23.5 Å². The first-order valence-electron chi connectivity index (χ1n) is 13.9. The Bertz CT molecular complexity index is 1450. The van der Waals surface area contributed by atoms with Gasteiger partial charge in [-0.1, -0.05) is 36.4 Å². The quantitative estimate of drug-likeness (QED) is 0.230. The molecular weight excluding hydrogens is 509 g/mol. The molecule has 6 nitrogen and oxygen atoms in total. The minimum Gasteiger partial charge on any atom is -0.340 e. The number of imidazole rings is 2. The van der Waals surface area contributed by atoms with Crippen LogP contribution in [0.3, 0.4) is 0 Å². The van der Waals surface area contributed by atoms with E-state index in [-0.39, 0.29) is 10.7 Å². The molecule has 38 heavy (non-hydrogen) atoms. The highest BCUT2D eigenvalue weighted by molar-refractivity contribution is 7.99. The van der Waals surface area contributed by atoms with Crippen molar-refractivity contribution in [2.45, 2.75) is 48.3 Å². The third kappa shape index (κ3) is 3.96. The maximum absolute atomic E-state index is 4.78. The van der Waals surface area contributed by atoms with Crippen molar-refractivity contribution in [1.82, 2.24) is 30.6 Å². The Morgan fingerprint density at radius 1 is 0.605 bits per heavy atom. The van der Waals surface area contributed by atoms with Crippen LogP contribution in [0.15, 0.2) is 48.8 Å². The van der Waals surface area contributed by atoms with Gasteiger partial charge >= 0.3 is 0 Å². The maximum atomic E-state index is 4.78. The second-order valence-electron chi connectivity index (χ2n) is 10.9. The predicted octanol–water partition coefficient (Wildman–Crippen LogP) is 6.56. The van der Waals surface area contributed by atoms with Crippen molar-refractivity contribution in [2.75, 3.05) is 24.6 Å². The molecule has 9 rings (SSSR count). The molecule has 1 saturated carbocycles. The molecule has 2 aromatic carbocycles.